The van der Waals surface area contributed by atoms with Gasteiger partial charge in [0, 0.05) is 11.8 Å². The standard InChI is InChI=1S/C16H22O4S/c1-13-7-9-15(10-8-13)21(18,19)20-12-14(17)6-5-11-16(2,3)4/h7-10,14,17H,6,12H2,1-4H3. The van der Waals surface area contributed by atoms with Crippen LogP contribution in [-0.2, 0) is 14.3 Å². The molecule has 21 heavy (non-hydrogen) atoms. The normalized spacial score (nSPS) is 13.4. The summed E-state index contributed by atoms with van der Waals surface area (Å²) in [6.07, 6.45) is -0.749. The molecule has 0 heterocycles. The first-order valence-corrected chi connectivity index (χ1v) is 8.15. The maximum atomic E-state index is 11.9. The molecule has 0 radical (unpaired) electrons. The Morgan fingerprint density at radius 3 is 2.33 bits per heavy atom. The molecule has 4 nitrogen and oxygen atoms in total. The number of aliphatic hydroxyl groups is 1. The summed E-state index contributed by atoms with van der Waals surface area (Å²) < 4.78 is 28.7. The fraction of sp³-hybridized carbons (Fsp3) is 0.500. The Morgan fingerprint density at radius 1 is 1.24 bits per heavy atom. The number of benzene rings is 1. The van der Waals surface area contributed by atoms with Gasteiger partial charge in [0.2, 0.25) is 0 Å². The Bertz CT molecular complexity index is 613. The predicted molar refractivity (Wildman–Crippen MR) is 82.2 cm³/mol. The Kier molecular flexibility index (Phi) is 5.97. The summed E-state index contributed by atoms with van der Waals surface area (Å²) in [4.78, 5) is 0.0843. The summed E-state index contributed by atoms with van der Waals surface area (Å²) in [5.41, 5.74) is 0.820. The molecule has 0 aliphatic rings. The van der Waals surface area contributed by atoms with Crippen molar-refractivity contribution in [2.75, 3.05) is 6.61 Å². The van der Waals surface area contributed by atoms with Crippen LogP contribution in [0.3, 0.4) is 0 Å². The van der Waals surface area contributed by atoms with Gasteiger partial charge in [0.05, 0.1) is 17.6 Å². The lowest BCUT2D eigenvalue weighted by molar-refractivity contribution is 0.114. The van der Waals surface area contributed by atoms with Gasteiger partial charge in [0.15, 0.2) is 0 Å². The largest absolute Gasteiger partial charge is 0.390 e. The molecule has 0 amide bonds. The highest BCUT2D eigenvalue weighted by molar-refractivity contribution is 7.86. The summed E-state index contributed by atoms with van der Waals surface area (Å²) >= 11 is 0. The fourth-order valence-corrected chi connectivity index (χ4v) is 2.38. The second-order valence-corrected chi connectivity index (χ2v) is 7.58. The van der Waals surface area contributed by atoms with Gasteiger partial charge in [0.1, 0.15) is 0 Å². The zero-order chi connectivity index (χ0) is 16.1. The highest BCUT2D eigenvalue weighted by atomic mass is 32.2. The molecule has 0 aliphatic carbocycles. The molecule has 0 aliphatic heterocycles. The Morgan fingerprint density at radius 2 is 1.81 bits per heavy atom. The maximum Gasteiger partial charge on any atom is 0.297 e. The van der Waals surface area contributed by atoms with Gasteiger partial charge in [-0.25, -0.2) is 0 Å². The van der Waals surface area contributed by atoms with E-state index < -0.39 is 16.2 Å². The SMILES string of the molecule is Cc1ccc(S(=O)(=O)OCC(O)CC#CC(C)(C)C)cc1. The van der Waals surface area contributed by atoms with Crippen molar-refractivity contribution in [3.8, 4) is 11.8 Å². The first kappa shape index (κ1) is 17.7. The van der Waals surface area contributed by atoms with E-state index in [0.29, 0.717) is 0 Å². The van der Waals surface area contributed by atoms with E-state index in [1.165, 1.54) is 12.1 Å². The van der Waals surface area contributed by atoms with Crippen molar-refractivity contribution in [1.82, 2.24) is 0 Å². The zero-order valence-electron chi connectivity index (χ0n) is 12.9. The second-order valence-electron chi connectivity index (χ2n) is 5.96. The third-order valence-corrected chi connectivity index (χ3v) is 3.82. The van der Waals surface area contributed by atoms with Gasteiger partial charge in [-0.05, 0) is 39.8 Å². The highest BCUT2D eigenvalue weighted by Crippen LogP contribution is 2.14. The van der Waals surface area contributed by atoms with Crippen molar-refractivity contribution in [1.29, 1.82) is 0 Å². The minimum absolute atomic E-state index is 0.0843. The highest BCUT2D eigenvalue weighted by Gasteiger charge is 2.17. The minimum Gasteiger partial charge on any atom is -0.390 e. The quantitative estimate of drug-likeness (QED) is 0.670. The molecule has 116 valence electrons. The van der Waals surface area contributed by atoms with E-state index in [2.05, 4.69) is 11.8 Å². The van der Waals surface area contributed by atoms with Crippen molar-refractivity contribution in [2.24, 2.45) is 5.41 Å². The molecule has 0 fully saturated rings. The molecule has 1 rings (SSSR count). The summed E-state index contributed by atoms with van der Waals surface area (Å²) in [6.45, 7) is 7.46. The monoisotopic (exact) mass is 310 g/mol. The first-order valence-electron chi connectivity index (χ1n) is 6.74. The van der Waals surface area contributed by atoms with Gasteiger partial charge in [-0.3, -0.25) is 4.18 Å². The molecule has 0 saturated heterocycles. The molecule has 0 saturated carbocycles. The van der Waals surface area contributed by atoms with E-state index >= 15 is 0 Å². The third kappa shape index (κ3) is 6.76. The molecule has 0 bridgehead atoms. The summed E-state index contributed by atoms with van der Waals surface area (Å²) in [6, 6.07) is 6.36. The second kappa shape index (κ2) is 7.08. The van der Waals surface area contributed by atoms with Gasteiger partial charge < -0.3 is 5.11 Å². The van der Waals surface area contributed by atoms with Gasteiger partial charge >= 0.3 is 0 Å². The minimum atomic E-state index is -3.83. The van der Waals surface area contributed by atoms with Crippen LogP contribution in [0.25, 0.3) is 0 Å². The molecule has 1 aromatic carbocycles. The van der Waals surface area contributed by atoms with E-state index in [1.54, 1.807) is 12.1 Å². The fourth-order valence-electron chi connectivity index (χ4n) is 1.43. The van der Waals surface area contributed by atoms with E-state index in [1.807, 2.05) is 27.7 Å². The molecular weight excluding hydrogens is 288 g/mol. The lowest BCUT2D eigenvalue weighted by Crippen LogP contribution is -2.18. The van der Waals surface area contributed by atoms with Crippen LogP contribution in [0.4, 0.5) is 0 Å². The lowest BCUT2D eigenvalue weighted by atomic mass is 9.98. The number of hydrogen-bond acceptors (Lipinski definition) is 4. The molecule has 1 N–H and O–H groups in total. The van der Waals surface area contributed by atoms with Crippen LogP contribution in [0, 0.1) is 24.2 Å². The number of rotatable bonds is 5. The van der Waals surface area contributed by atoms with Crippen LogP contribution in [0.2, 0.25) is 0 Å². The van der Waals surface area contributed by atoms with Crippen molar-refractivity contribution in [3.05, 3.63) is 29.8 Å². The van der Waals surface area contributed by atoms with Gasteiger partial charge in [-0.15, -0.1) is 0 Å². The topological polar surface area (TPSA) is 63.6 Å². The van der Waals surface area contributed by atoms with Crippen LogP contribution in [0.5, 0.6) is 0 Å². The van der Waals surface area contributed by atoms with Crippen molar-refractivity contribution in [3.63, 3.8) is 0 Å². The first-order chi connectivity index (χ1) is 9.60. The molecule has 5 heteroatoms. The van der Waals surface area contributed by atoms with Gasteiger partial charge in [-0.2, -0.15) is 8.42 Å². The zero-order valence-corrected chi connectivity index (χ0v) is 13.7. The number of hydrogen-bond donors (Lipinski definition) is 1. The molecule has 1 atom stereocenters. The van der Waals surface area contributed by atoms with Gasteiger partial charge in [-0.1, -0.05) is 29.5 Å². The maximum absolute atomic E-state index is 11.9. The van der Waals surface area contributed by atoms with Crippen molar-refractivity contribution >= 4 is 10.1 Å². The van der Waals surface area contributed by atoms with Crippen molar-refractivity contribution in [2.45, 2.75) is 45.1 Å². The molecular formula is C16H22O4S. The van der Waals surface area contributed by atoms with Crippen LogP contribution in [-0.4, -0.2) is 26.2 Å². The smallest absolute Gasteiger partial charge is 0.297 e. The van der Waals surface area contributed by atoms with Crippen LogP contribution in [0.15, 0.2) is 29.2 Å². The number of aliphatic hydroxyl groups excluding tert-OH is 1. The van der Waals surface area contributed by atoms with E-state index in [-0.39, 0.29) is 23.3 Å². The average Bonchev–Trinajstić information content (AvgIpc) is 2.35. The van der Waals surface area contributed by atoms with Crippen LogP contribution < -0.4 is 0 Å². The van der Waals surface area contributed by atoms with Crippen LogP contribution >= 0.6 is 0 Å². The van der Waals surface area contributed by atoms with E-state index in [9.17, 15) is 13.5 Å². The molecule has 1 aromatic rings. The lowest BCUT2D eigenvalue weighted by Gasteiger charge is -2.10. The Balaban J connectivity index is 2.57. The third-order valence-electron chi connectivity index (χ3n) is 2.53. The Hall–Kier alpha value is -1.35. The molecule has 0 spiro atoms. The molecule has 0 aromatic heterocycles. The summed E-state index contributed by atoms with van der Waals surface area (Å²) in [5.74, 6) is 5.81. The predicted octanol–water partition coefficient (Wildman–Crippen LogP) is 2.50. The Labute approximate surface area is 127 Å². The molecule has 1 unspecified atom stereocenters. The van der Waals surface area contributed by atoms with Crippen molar-refractivity contribution < 1.29 is 17.7 Å². The number of aryl methyl sites for hydroxylation is 1. The van der Waals surface area contributed by atoms with E-state index in [4.69, 9.17) is 4.18 Å². The summed E-state index contributed by atoms with van der Waals surface area (Å²) in [5, 5.41) is 9.71. The van der Waals surface area contributed by atoms with Crippen LogP contribution in [0.1, 0.15) is 32.8 Å². The van der Waals surface area contributed by atoms with Gasteiger partial charge in [0.25, 0.3) is 10.1 Å². The van der Waals surface area contributed by atoms with E-state index in [0.717, 1.165) is 5.56 Å². The average molecular weight is 310 g/mol. The summed E-state index contributed by atoms with van der Waals surface area (Å²) in [7, 11) is -3.83.